The highest BCUT2D eigenvalue weighted by atomic mass is 35.5. The molecule has 2 aliphatic heterocycles. The zero-order chi connectivity index (χ0) is 18.0. The number of hydrogen-bond donors (Lipinski definition) is 0. The monoisotopic (exact) mass is 368 g/mol. The van der Waals surface area contributed by atoms with Crippen molar-refractivity contribution in [3.05, 3.63) is 39.2 Å². The summed E-state index contributed by atoms with van der Waals surface area (Å²) in [6.45, 7) is 6.93. The lowest BCUT2D eigenvalue weighted by atomic mass is 9.90. The van der Waals surface area contributed by atoms with Crippen LogP contribution in [0.15, 0.2) is 18.3 Å². The second kappa shape index (κ2) is 7.95. The van der Waals surface area contributed by atoms with E-state index in [2.05, 4.69) is 21.7 Å². The largest absolute Gasteiger partial charge is 0.363 e. The predicted octanol–water partition coefficient (Wildman–Crippen LogP) is 2.62. The van der Waals surface area contributed by atoms with Crippen molar-refractivity contribution in [3.63, 3.8) is 0 Å². The fourth-order valence-electron chi connectivity index (χ4n) is 3.97. The summed E-state index contributed by atoms with van der Waals surface area (Å²) in [4.78, 5) is 20.1. The summed E-state index contributed by atoms with van der Waals surface area (Å²) in [7, 11) is 0. The first kappa shape index (κ1) is 18.5. The van der Waals surface area contributed by atoms with Crippen LogP contribution in [0.3, 0.4) is 0 Å². The van der Waals surface area contributed by atoms with E-state index in [1.807, 2.05) is 13.0 Å². The molecule has 0 saturated carbocycles. The maximum Gasteiger partial charge on any atom is 0.244 e. The van der Waals surface area contributed by atoms with E-state index >= 15 is 0 Å². The lowest BCUT2D eigenvalue weighted by Crippen LogP contribution is -2.61. The molecule has 4 unspecified atom stereocenters. The highest BCUT2D eigenvalue weighted by molar-refractivity contribution is 6.29. The summed E-state index contributed by atoms with van der Waals surface area (Å²) >= 11 is 5.85. The van der Waals surface area contributed by atoms with Crippen molar-refractivity contribution in [2.75, 3.05) is 19.7 Å². The van der Waals surface area contributed by atoms with Gasteiger partial charge in [0.25, 0.3) is 0 Å². The molecule has 0 radical (unpaired) electrons. The Morgan fingerprint density at radius 1 is 1.44 bits per heavy atom. The smallest absolute Gasteiger partial charge is 0.244 e. The van der Waals surface area contributed by atoms with Gasteiger partial charge in [0.2, 0.25) is 6.04 Å². The summed E-state index contributed by atoms with van der Waals surface area (Å²) in [5, 5.41) is 12.2. The van der Waals surface area contributed by atoms with Crippen molar-refractivity contribution in [1.29, 1.82) is 0 Å². The summed E-state index contributed by atoms with van der Waals surface area (Å²) < 4.78 is 6.01. The van der Waals surface area contributed by atoms with Crippen molar-refractivity contribution in [1.82, 2.24) is 14.8 Å². The Labute approximate surface area is 153 Å². The van der Waals surface area contributed by atoms with Crippen molar-refractivity contribution < 1.29 is 9.66 Å². The van der Waals surface area contributed by atoms with E-state index in [9.17, 15) is 10.1 Å². The molecule has 3 heterocycles. The van der Waals surface area contributed by atoms with E-state index in [0.717, 1.165) is 25.1 Å². The quantitative estimate of drug-likeness (QED) is 0.436. The fourth-order valence-corrected chi connectivity index (χ4v) is 4.08. The number of fused-ring (bicyclic) bond motifs is 1. The van der Waals surface area contributed by atoms with Crippen LogP contribution >= 0.6 is 11.6 Å². The normalized spacial score (nSPS) is 30.4. The van der Waals surface area contributed by atoms with Gasteiger partial charge in [-0.25, -0.2) is 4.98 Å². The first-order valence-electron chi connectivity index (χ1n) is 8.86. The molecule has 2 fully saturated rings. The standard InChI is InChI=1S/C17H25ClN4O3/c1-3-8-25-15-9-12(2)16(22(23)24)17-20(6-7-21(15)17)11-13-4-5-14(18)19-10-13/h4-5,10,12,15-17H,3,6-9,11H2,1-2H3. The van der Waals surface area contributed by atoms with Gasteiger partial charge in [0.05, 0.1) is 0 Å². The maximum absolute atomic E-state index is 11.8. The summed E-state index contributed by atoms with van der Waals surface area (Å²) in [5.74, 6) is -0.0259. The molecule has 2 aliphatic rings. The van der Waals surface area contributed by atoms with E-state index < -0.39 is 6.04 Å². The Bertz CT molecular complexity index is 600. The molecule has 0 aromatic carbocycles. The number of piperidine rings is 1. The van der Waals surface area contributed by atoms with Crippen LogP contribution in [0.25, 0.3) is 0 Å². The molecule has 1 aromatic rings. The van der Waals surface area contributed by atoms with Gasteiger partial charge in [-0.1, -0.05) is 31.5 Å². The van der Waals surface area contributed by atoms with Crippen molar-refractivity contribution in [3.8, 4) is 0 Å². The number of pyridine rings is 1. The maximum atomic E-state index is 11.8. The van der Waals surface area contributed by atoms with Crippen LogP contribution in [0.1, 0.15) is 32.3 Å². The van der Waals surface area contributed by atoms with E-state index in [1.54, 1.807) is 12.3 Å². The van der Waals surface area contributed by atoms with Crippen LogP contribution in [0.2, 0.25) is 5.15 Å². The SMILES string of the molecule is CCCOC1CC(C)C([N+](=O)[O-])C2N(Cc3ccc(Cl)nc3)CCN12. The summed E-state index contributed by atoms with van der Waals surface area (Å²) in [6.07, 6.45) is 3.12. The third-order valence-electron chi connectivity index (χ3n) is 5.12. The Kier molecular flexibility index (Phi) is 5.89. The molecule has 0 bridgehead atoms. The zero-order valence-corrected chi connectivity index (χ0v) is 15.4. The molecule has 138 valence electrons. The second-order valence-electron chi connectivity index (χ2n) is 6.93. The number of nitro groups is 1. The molecule has 7 nitrogen and oxygen atoms in total. The Hall–Kier alpha value is -1.28. The molecular formula is C17H25ClN4O3. The number of ether oxygens (including phenoxy) is 1. The molecule has 1 aromatic heterocycles. The second-order valence-corrected chi connectivity index (χ2v) is 7.31. The van der Waals surface area contributed by atoms with E-state index in [-0.39, 0.29) is 23.2 Å². The van der Waals surface area contributed by atoms with Crippen molar-refractivity contribution >= 4 is 11.6 Å². The highest BCUT2D eigenvalue weighted by Crippen LogP contribution is 2.36. The fraction of sp³-hybridized carbons (Fsp3) is 0.706. The highest BCUT2D eigenvalue weighted by Gasteiger charge is 2.53. The van der Waals surface area contributed by atoms with Gasteiger partial charge in [-0.3, -0.25) is 19.9 Å². The Morgan fingerprint density at radius 2 is 2.24 bits per heavy atom. The average Bonchev–Trinajstić information content (AvgIpc) is 2.98. The van der Waals surface area contributed by atoms with Crippen molar-refractivity contribution in [2.45, 2.75) is 51.7 Å². The molecule has 0 aliphatic carbocycles. The van der Waals surface area contributed by atoms with Crippen LogP contribution in [0, 0.1) is 16.0 Å². The minimum Gasteiger partial charge on any atom is -0.363 e. The van der Waals surface area contributed by atoms with E-state index in [0.29, 0.717) is 24.7 Å². The zero-order valence-electron chi connectivity index (χ0n) is 14.7. The Morgan fingerprint density at radius 3 is 2.88 bits per heavy atom. The van der Waals surface area contributed by atoms with Gasteiger partial charge in [0.15, 0.2) is 0 Å². The third kappa shape index (κ3) is 3.95. The van der Waals surface area contributed by atoms with Crippen LogP contribution in [-0.4, -0.2) is 57.8 Å². The first-order chi connectivity index (χ1) is 12.0. The number of aromatic nitrogens is 1. The minimum absolute atomic E-state index is 0.0259. The van der Waals surface area contributed by atoms with Gasteiger partial charge in [0.1, 0.15) is 17.5 Å². The van der Waals surface area contributed by atoms with Gasteiger partial charge in [-0.15, -0.1) is 0 Å². The number of halogens is 1. The van der Waals surface area contributed by atoms with E-state index in [4.69, 9.17) is 16.3 Å². The molecule has 25 heavy (non-hydrogen) atoms. The van der Waals surface area contributed by atoms with Gasteiger partial charge < -0.3 is 4.74 Å². The van der Waals surface area contributed by atoms with Gasteiger partial charge >= 0.3 is 0 Å². The molecular weight excluding hydrogens is 344 g/mol. The van der Waals surface area contributed by atoms with Crippen LogP contribution < -0.4 is 0 Å². The van der Waals surface area contributed by atoms with E-state index in [1.165, 1.54) is 0 Å². The molecule has 2 saturated heterocycles. The molecule has 3 rings (SSSR count). The van der Waals surface area contributed by atoms with Crippen LogP contribution in [0.5, 0.6) is 0 Å². The number of hydrogen-bond acceptors (Lipinski definition) is 6. The van der Waals surface area contributed by atoms with Crippen LogP contribution in [-0.2, 0) is 11.3 Å². The number of rotatable bonds is 6. The minimum atomic E-state index is -0.607. The lowest BCUT2D eigenvalue weighted by Gasteiger charge is -2.43. The van der Waals surface area contributed by atoms with Crippen molar-refractivity contribution in [2.24, 2.45) is 5.92 Å². The molecule has 0 amide bonds. The van der Waals surface area contributed by atoms with Gasteiger partial charge in [0, 0.05) is 43.3 Å². The molecule has 0 spiro atoms. The number of nitrogens with zero attached hydrogens (tertiary/aromatic N) is 4. The molecule has 0 N–H and O–H groups in total. The Balaban J connectivity index is 1.80. The third-order valence-corrected chi connectivity index (χ3v) is 5.35. The van der Waals surface area contributed by atoms with Gasteiger partial charge in [-0.05, 0) is 24.5 Å². The predicted molar refractivity (Wildman–Crippen MR) is 94.7 cm³/mol. The summed E-state index contributed by atoms with van der Waals surface area (Å²) in [6, 6.07) is 3.08. The molecule has 8 heteroatoms. The molecule has 4 atom stereocenters. The lowest BCUT2D eigenvalue weighted by molar-refractivity contribution is -0.550. The van der Waals surface area contributed by atoms with Gasteiger partial charge in [-0.2, -0.15) is 0 Å². The average molecular weight is 369 g/mol. The van der Waals surface area contributed by atoms with Crippen LogP contribution in [0.4, 0.5) is 0 Å². The first-order valence-corrected chi connectivity index (χ1v) is 9.24. The topological polar surface area (TPSA) is 71.7 Å². The summed E-state index contributed by atoms with van der Waals surface area (Å²) in [5.41, 5.74) is 1.01.